The third-order valence-corrected chi connectivity index (χ3v) is 4.06. The van der Waals surface area contributed by atoms with Crippen molar-refractivity contribution in [2.24, 2.45) is 11.7 Å². The molecule has 0 unspecified atom stereocenters. The lowest BCUT2D eigenvalue weighted by atomic mass is 10.1. The predicted molar refractivity (Wildman–Crippen MR) is 68.3 cm³/mol. The van der Waals surface area contributed by atoms with E-state index >= 15 is 0 Å². The van der Waals surface area contributed by atoms with Gasteiger partial charge in [0.05, 0.1) is 5.56 Å². The summed E-state index contributed by atoms with van der Waals surface area (Å²) in [5.41, 5.74) is 6.83. The Morgan fingerprint density at radius 3 is 2.59 bits per heavy atom. The predicted octanol–water partition coefficient (Wildman–Crippen LogP) is 2.07. The molecule has 92 valence electrons. The Bertz CT molecular complexity index is 475. The monoisotopic (exact) mass is 252 g/mol. The van der Waals surface area contributed by atoms with Gasteiger partial charge in [0.1, 0.15) is 5.00 Å². The molecule has 0 spiro atoms. The summed E-state index contributed by atoms with van der Waals surface area (Å²) in [6, 6.07) is 0. The van der Waals surface area contributed by atoms with E-state index in [1.807, 2.05) is 13.8 Å². The average Bonchev–Trinajstić information content (AvgIpc) is 3.03. The molecule has 1 heterocycles. The molecule has 4 nitrogen and oxygen atoms in total. The molecule has 5 heteroatoms. The third kappa shape index (κ3) is 2.34. The van der Waals surface area contributed by atoms with Gasteiger partial charge in [0.25, 0.3) is 5.91 Å². The lowest BCUT2D eigenvalue weighted by molar-refractivity contribution is -0.117. The zero-order valence-corrected chi connectivity index (χ0v) is 10.8. The number of thiophene rings is 1. The van der Waals surface area contributed by atoms with E-state index < -0.39 is 5.91 Å². The van der Waals surface area contributed by atoms with Gasteiger partial charge in [-0.15, -0.1) is 11.3 Å². The molecular formula is C12H16N2O2S. The van der Waals surface area contributed by atoms with Crippen LogP contribution in [0.5, 0.6) is 0 Å². The highest BCUT2D eigenvalue weighted by atomic mass is 32.1. The number of carbonyl (C=O) groups excluding carboxylic acids is 2. The number of nitrogens with two attached hydrogens (primary N) is 1. The van der Waals surface area contributed by atoms with Crippen molar-refractivity contribution in [3.05, 3.63) is 16.0 Å². The van der Waals surface area contributed by atoms with Crippen LogP contribution < -0.4 is 11.1 Å². The molecule has 1 saturated carbocycles. The van der Waals surface area contributed by atoms with Gasteiger partial charge in [-0.2, -0.15) is 0 Å². The molecule has 1 aliphatic rings. The van der Waals surface area contributed by atoms with Gasteiger partial charge in [-0.1, -0.05) is 6.92 Å². The molecule has 1 aliphatic carbocycles. The van der Waals surface area contributed by atoms with Gasteiger partial charge >= 0.3 is 0 Å². The van der Waals surface area contributed by atoms with E-state index in [9.17, 15) is 9.59 Å². The first-order valence-electron chi connectivity index (χ1n) is 5.77. The number of rotatable bonds is 4. The number of aryl methyl sites for hydroxylation is 1. The van der Waals surface area contributed by atoms with Crippen molar-refractivity contribution in [2.45, 2.75) is 33.1 Å². The number of carbonyl (C=O) groups is 2. The van der Waals surface area contributed by atoms with Gasteiger partial charge in [-0.05, 0) is 31.7 Å². The van der Waals surface area contributed by atoms with E-state index in [0.717, 1.165) is 29.7 Å². The SMILES string of the molecule is CCc1c(C)sc(NC(=O)C2CC2)c1C(N)=O. The van der Waals surface area contributed by atoms with Crippen molar-refractivity contribution in [2.75, 3.05) is 5.32 Å². The Kier molecular flexibility index (Phi) is 3.19. The molecule has 1 fully saturated rings. The van der Waals surface area contributed by atoms with Gasteiger partial charge in [0.2, 0.25) is 5.91 Å². The van der Waals surface area contributed by atoms with E-state index in [1.165, 1.54) is 11.3 Å². The van der Waals surface area contributed by atoms with E-state index in [1.54, 1.807) is 0 Å². The van der Waals surface area contributed by atoms with Crippen LogP contribution in [0.25, 0.3) is 0 Å². The van der Waals surface area contributed by atoms with Crippen LogP contribution in [-0.4, -0.2) is 11.8 Å². The molecule has 2 rings (SSSR count). The summed E-state index contributed by atoms with van der Waals surface area (Å²) in [7, 11) is 0. The molecule has 0 radical (unpaired) electrons. The van der Waals surface area contributed by atoms with Crippen molar-refractivity contribution in [3.63, 3.8) is 0 Å². The fourth-order valence-corrected chi connectivity index (χ4v) is 3.07. The summed E-state index contributed by atoms with van der Waals surface area (Å²) in [5, 5.41) is 3.44. The fourth-order valence-electron chi connectivity index (χ4n) is 1.91. The maximum Gasteiger partial charge on any atom is 0.251 e. The Morgan fingerprint density at radius 1 is 1.47 bits per heavy atom. The molecule has 2 amide bonds. The lowest BCUT2D eigenvalue weighted by Crippen LogP contribution is -2.18. The summed E-state index contributed by atoms with van der Waals surface area (Å²) >= 11 is 1.43. The molecule has 0 bridgehead atoms. The molecule has 0 aromatic carbocycles. The highest BCUT2D eigenvalue weighted by molar-refractivity contribution is 7.16. The Morgan fingerprint density at radius 2 is 2.12 bits per heavy atom. The van der Waals surface area contributed by atoms with E-state index in [2.05, 4.69) is 5.32 Å². The maximum absolute atomic E-state index is 11.7. The molecule has 17 heavy (non-hydrogen) atoms. The minimum atomic E-state index is -0.461. The van der Waals surface area contributed by atoms with Crippen LogP contribution in [0.3, 0.4) is 0 Å². The fraction of sp³-hybridized carbons (Fsp3) is 0.500. The highest BCUT2D eigenvalue weighted by Gasteiger charge is 2.31. The van der Waals surface area contributed by atoms with Crippen molar-refractivity contribution < 1.29 is 9.59 Å². The van der Waals surface area contributed by atoms with Crippen molar-refractivity contribution in [1.29, 1.82) is 0 Å². The first-order valence-corrected chi connectivity index (χ1v) is 6.59. The molecular weight excluding hydrogens is 236 g/mol. The minimum Gasteiger partial charge on any atom is -0.365 e. The van der Waals surface area contributed by atoms with E-state index in [0.29, 0.717) is 10.6 Å². The standard InChI is InChI=1S/C12H16N2O2S/c1-3-8-6(2)17-12(9(8)10(13)15)14-11(16)7-4-5-7/h7H,3-5H2,1-2H3,(H2,13,15)(H,14,16). The highest BCUT2D eigenvalue weighted by Crippen LogP contribution is 2.36. The van der Waals surface area contributed by atoms with Crippen LogP contribution in [0.15, 0.2) is 0 Å². The topological polar surface area (TPSA) is 72.2 Å². The first kappa shape index (κ1) is 12.1. The number of primary amides is 1. The molecule has 1 aromatic rings. The number of amides is 2. The van der Waals surface area contributed by atoms with E-state index in [-0.39, 0.29) is 11.8 Å². The number of hydrogen-bond acceptors (Lipinski definition) is 3. The summed E-state index contributed by atoms with van der Waals surface area (Å²) in [5.74, 6) is -0.322. The second kappa shape index (κ2) is 4.49. The van der Waals surface area contributed by atoms with Crippen LogP contribution in [0.1, 0.15) is 40.6 Å². The number of anilines is 1. The van der Waals surface area contributed by atoms with Crippen LogP contribution in [-0.2, 0) is 11.2 Å². The quantitative estimate of drug-likeness (QED) is 0.861. The number of hydrogen-bond donors (Lipinski definition) is 2. The molecule has 3 N–H and O–H groups in total. The first-order chi connectivity index (χ1) is 8.04. The number of nitrogens with one attached hydrogen (secondary N) is 1. The maximum atomic E-state index is 11.7. The Labute approximate surface area is 104 Å². The second-order valence-electron chi connectivity index (χ2n) is 4.32. The smallest absolute Gasteiger partial charge is 0.251 e. The summed E-state index contributed by atoms with van der Waals surface area (Å²) < 4.78 is 0. The molecule has 0 saturated heterocycles. The van der Waals surface area contributed by atoms with Gasteiger partial charge in [-0.25, -0.2) is 0 Å². The van der Waals surface area contributed by atoms with Crippen LogP contribution in [0, 0.1) is 12.8 Å². The zero-order chi connectivity index (χ0) is 12.6. The largest absolute Gasteiger partial charge is 0.365 e. The molecule has 0 aliphatic heterocycles. The molecule has 0 atom stereocenters. The van der Waals surface area contributed by atoms with E-state index in [4.69, 9.17) is 5.73 Å². The zero-order valence-electron chi connectivity index (χ0n) is 10.0. The normalized spacial score (nSPS) is 14.7. The van der Waals surface area contributed by atoms with Crippen LogP contribution in [0.2, 0.25) is 0 Å². The van der Waals surface area contributed by atoms with Gasteiger partial charge in [-0.3, -0.25) is 9.59 Å². The van der Waals surface area contributed by atoms with Crippen LogP contribution >= 0.6 is 11.3 Å². The lowest BCUT2D eigenvalue weighted by Gasteiger charge is -2.04. The Hall–Kier alpha value is -1.36. The van der Waals surface area contributed by atoms with Crippen LogP contribution in [0.4, 0.5) is 5.00 Å². The molecule has 1 aromatic heterocycles. The minimum absolute atomic E-state index is 0.0106. The van der Waals surface area contributed by atoms with Crippen molar-refractivity contribution >= 4 is 28.2 Å². The van der Waals surface area contributed by atoms with Crippen molar-refractivity contribution in [1.82, 2.24) is 0 Å². The summed E-state index contributed by atoms with van der Waals surface area (Å²) in [6.07, 6.45) is 2.64. The summed E-state index contributed by atoms with van der Waals surface area (Å²) in [4.78, 5) is 24.2. The summed E-state index contributed by atoms with van der Waals surface area (Å²) in [6.45, 7) is 3.93. The Balaban J connectivity index is 2.31. The second-order valence-corrected chi connectivity index (χ2v) is 5.55. The van der Waals surface area contributed by atoms with Gasteiger partial charge < -0.3 is 11.1 Å². The third-order valence-electron chi connectivity index (χ3n) is 2.99. The van der Waals surface area contributed by atoms with Gasteiger partial charge in [0.15, 0.2) is 0 Å². The van der Waals surface area contributed by atoms with Crippen molar-refractivity contribution in [3.8, 4) is 0 Å². The average molecular weight is 252 g/mol. The van der Waals surface area contributed by atoms with Gasteiger partial charge in [0, 0.05) is 10.8 Å².